The van der Waals surface area contributed by atoms with Gasteiger partial charge in [-0.2, -0.15) is 0 Å². The van der Waals surface area contributed by atoms with Crippen molar-refractivity contribution in [2.45, 2.75) is 25.4 Å². The van der Waals surface area contributed by atoms with Crippen molar-refractivity contribution in [1.29, 1.82) is 0 Å². The number of nitrogens with one attached hydrogen (secondary N) is 1. The Morgan fingerprint density at radius 3 is 2.68 bits per heavy atom. The van der Waals surface area contributed by atoms with Crippen LogP contribution in [0.4, 0.5) is 10.2 Å². The number of nitrogens with zero attached hydrogens (tertiary/aromatic N) is 2. The lowest BCUT2D eigenvalue weighted by Gasteiger charge is -2.49. The summed E-state index contributed by atoms with van der Waals surface area (Å²) in [7, 11) is 0. The van der Waals surface area contributed by atoms with Gasteiger partial charge in [0.1, 0.15) is 0 Å². The highest BCUT2D eigenvalue weighted by Gasteiger charge is 2.50. The number of ether oxygens (including phenoxy) is 1. The van der Waals surface area contributed by atoms with Gasteiger partial charge in [0, 0.05) is 37.5 Å². The van der Waals surface area contributed by atoms with Crippen LogP contribution in [0.2, 0.25) is 5.02 Å². The number of carboxylic acid groups (broad SMARTS) is 1. The zero-order valence-electron chi connectivity index (χ0n) is 17.0. The van der Waals surface area contributed by atoms with E-state index in [1.165, 1.54) is 6.07 Å². The van der Waals surface area contributed by atoms with Crippen LogP contribution in [0.3, 0.4) is 0 Å². The Labute approximate surface area is 185 Å². The Balaban J connectivity index is 0.000000858. The van der Waals surface area contributed by atoms with Crippen LogP contribution in [0.25, 0.3) is 0 Å². The van der Waals surface area contributed by atoms with Crippen molar-refractivity contribution in [1.82, 2.24) is 10.3 Å². The molecule has 0 radical (unpaired) electrons. The molecule has 9 heteroatoms. The van der Waals surface area contributed by atoms with Gasteiger partial charge in [-0.3, -0.25) is 9.59 Å². The largest absolute Gasteiger partial charge is 0.483 e. The fourth-order valence-electron chi connectivity index (χ4n) is 3.97. The van der Waals surface area contributed by atoms with E-state index < -0.39 is 5.41 Å². The SMILES string of the molecule is O=C(NCC1CCCO1)C1(Cc2ccc(Cl)cc2)CN(c2ncccc2F)C1.O=CO. The van der Waals surface area contributed by atoms with Crippen LogP contribution in [0.15, 0.2) is 42.6 Å². The second-order valence-electron chi connectivity index (χ2n) is 7.70. The minimum absolute atomic E-state index is 0.0226. The van der Waals surface area contributed by atoms with Crippen molar-refractivity contribution in [3.05, 3.63) is 59.0 Å². The van der Waals surface area contributed by atoms with E-state index in [0.717, 1.165) is 25.0 Å². The van der Waals surface area contributed by atoms with E-state index in [1.54, 1.807) is 12.3 Å². The van der Waals surface area contributed by atoms with Crippen molar-refractivity contribution in [3.63, 3.8) is 0 Å². The second kappa shape index (κ2) is 10.5. The van der Waals surface area contributed by atoms with Crippen LogP contribution in [0.5, 0.6) is 0 Å². The van der Waals surface area contributed by atoms with Gasteiger partial charge in [0.2, 0.25) is 5.91 Å². The monoisotopic (exact) mass is 449 g/mol. The van der Waals surface area contributed by atoms with Gasteiger partial charge in [-0.15, -0.1) is 0 Å². The normalized spacial score (nSPS) is 19.0. The van der Waals surface area contributed by atoms with E-state index in [4.69, 9.17) is 26.2 Å². The lowest BCUT2D eigenvalue weighted by Crippen LogP contribution is -2.65. The van der Waals surface area contributed by atoms with Gasteiger partial charge in [0.05, 0.1) is 11.5 Å². The molecule has 0 spiro atoms. The van der Waals surface area contributed by atoms with Gasteiger partial charge in [-0.25, -0.2) is 9.37 Å². The predicted octanol–water partition coefficient (Wildman–Crippen LogP) is 2.92. The Kier molecular flexibility index (Phi) is 7.81. The fourth-order valence-corrected chi connectivity index (χ4v) is 4.10. The number of anilines is 1. The van der Waals surface area contributed by atoms with Crippen LogP contribution in [-0.4, -0.2) is 54.8 Å². The van der Waals surface area contributed by atoms with E-state index >= 15 is 0 Å². The molecule has 2 N–H and O–H groups in total. The summed E-state index contributed by atoms with van der Waals surface area (Å²) >= 11 is 5.99. The van der Waals surface area contributed by atoms with Crippen molar-refractivity contribution in [2.75, 3.05) is 31.1 Å². The zero-order valence-corrected chi connectivity index (χ0v) is 17.7. The first-order valence-electron chi connectivity index (χ1n) is 10.0. The molecule has 3 heterocycles. The molecule has 0 bridgehead atoms. The van der Waals surface area contributed by atoms with Crippen molar-refractivity contribution in [2.24, 2.45) is 5.41 Å². The second-order valence-corrected chi connectivity index (χ2v) is 8.14. The number of pyridine rings is 1. The molecule has 4 rings (SSSR count). The number of rotatable bonds is 6. The van der Waals surface area contributed by atoms with E-state index in [0.29, 0.717) is 36.9 Å². The Hall–Kier alpha value is -2.71. The standard InChI is InChI=1S/C21H23ClFN3O2.CH2O2/c22-16-7-5-15(6-8-16)11-21(20(27)25-12-17-3-2-10-28-17)13-26(14-21)19-18(23)4-1-9-24-19;2-1-3/h1,4-9,17H,2-3,10-14H2,(H,25,27);1H,(H,2,3). The maximum absolute atomic E-state index is 14.1. The van der Waals surface area contributed by atoms with E-state index in [2.05, 4.69) is 10.3 Å². The van der Waals surface area contributed by atoms with Crippen LogP contribution >= 0.6 is 11.6 Å². The molecule has 1 atom stereocenters. The number of amides is 1. The molecule has 166 valence electrons. The van der Waals surface area contributed by atoms with Gasteiger partial charge >= 0.3 is 0 Å². The molecule has 1 aromatic heterocycles. The Morgan fingerprint density at radius 2 is 2.06 bits per heavy atom. The van der Waals surface area contributed by atoms with Crippen LogP contribution in [-0.2, 0) is 20.7 Å². The van der Waals surface area contributed by atoms with Crippen LogP contribution < -0.4 is 10.2 Å². The molecular weight excluding hydrogens is 425 g/mol. The van der Waals surface area contributed by atoms with Gasteiger partial charge in [0.15, 0.2) is 11.6 Å². The van der Waals surface area contributed by atoms with E-state index in [1.807, 2.05) is 29.2 Å². The third-order valence-corrected chi connectivity index (χ3v) is 5.73. The summed E-state index contributed by atoms with van der Waals surface area (Å²) < 4.78 is 19.7. The van der Waals surface area contributed by atoms with Crippen molar-refractivity contribution < 1.29 is 23.8 Å². The molecule has 0 saturated carbocycles. The third-order valence-electron chi connectivity index (χ3n) is 5.48. The van der Waals surface area contributed by atoms with Crippen molar-refractivity contribution in [3.8, 4) is 0 Å². The first-order valence-corrected chi connectivity index (χ1v) is 10.4. The molecule has 7 nitrogen and oxygen atoms in total. The summed E-state index contributed by atoms with van der Waals surface area (Å²) in [4.78, 5) is 27.4. The summed E-state index contributed by atoms with van der Waals surface area (Å²) in [5, 5.41) is 10.6. The summed E-state index contributed by atoms with van der Waals surface area (Å²) in [5.74, 6) is -0.103. The fraction of sp³-hybridized carbons (Fsp3) is 0.409. The molecule has 0 aliphatic carbocycles. The summed E-state index contributed by atoms with van der Waals surface area (Å²) in [6.45, 7) is 1.85. The number of halogens is 2. The third kappa shape index (κ3) is 5.71. The van der Waals surface area contributed by atoms with Crippen LogP contribution in [0, 0.1) is 11.2 Å². The Bertz CT molecular complexity index is 885. The first-order chi connectivity index (χ1) is 15.0. The molecule has 2 aliphatic heterocycles. The topological polar surface area (TPSA) is 91.8 Å². The van der Waals surface area contributed by atoms with Gasteiger partial charge in [0.25, 0.3) is 6.47 Å². The molecule has 2 fully saturated rings. The maximum Gasteiger partial charge on any atom is 0.290 e. The van der Waals surface area contributed by atoms with E-state index in [-0.39, 0.29) is 24.3 Å². The summed E-state index contributed by atoms with van der Waals surface area (Å²) in [5.41, 5.74) is 0.397. The molecule has 2 aromatic rings. The lowest BCUT2D eigenvalue weighted by molar-refractivity contribution is -0.133. The number of aromatic nitrogens is 1. The number of hydrogen-bond donors (Lipinski definition) is 2. The molecule has 1 unspecified atom stereocenters. The molecule has 2 aliphatic rings. The number of hydrogen-bond acceptors (Lipinski definition) is 5. The first kappa shape index (κ1) is 23.0. The quantitative estimate of drug-likeness (QED) is 0.659. The minimum Gasteiger partial charge on any atom is -0.483 e. The zero-order chi connectivity index (χ0) is 22.3. The predicted molar refractivity (Wildman–Crippen MR) is 115 cm³/mol. The van der Waals surface area contributed by atoms with Gasteiger partial charge in [-0.1, -0.05) is 23.7 Å². The molecule has 1 aromatic carbocycles. The summed E-state index contributed by atoms with van der Waals surface area (Å²) in [6, 6.07) is 10.5. The summed E-state index contributed by atoms with van der Waals surface area (Å²) in [6.07, 6.45) is 4.21. The average Bonchev–Trinajstić information content (AvgIpc) is 3.25. The van der Waals surface area contributed by atoms with Gasteiger partial charge < -0.3 is 20.1 Å². The number of carbonyl (C=O) groups is 2. The van der Waals surface area contributed by atoms with Crippen molar-refractivity contribution >= 4 is 29.8 Å². The number of carbonyl (C=O) groups excluding carboxylic acids is 1. The molecule has 31 heavy (non-hydrogen) atoms. The molecular formula is C22H25ClFN3O4. The highest BCUT2D eigenvalue weighted by Crippen LogP contribution is 2.38. The van der Waals surface area contributed by atoms with E-state index in [9.17, 15) is 9.18 Å². The molecule has 2 saturated heterocycles. The van der Waals surface area contributed by atoms with Gasteiger partial charge in [-0.05, 0) is 49.1 Å². The minimum atomic E-state index is -0.629. The Morgan fingerprint density at radius 1 is 1.35 bits per heavy atom. The average molecular weight is 450 g/mol. The molecule has 1 amide bonds. The number of benzene rings is 1. The highest BCUT2D eigenvalue weighted by atomic mass is 35.5. The maximum atomic E-state index is 14.1. The highest BCUT2D eigenvalue weighted by molar-refractivity contribution is 6.30. The lowest BCUT2D eigenvalue weighted by atomic mass is 9.73. The smallest absolute Gasteiger partial charge is 0.290 e. The van der Waals surface area contributed by atoms with Crippen LogP contribution in [0.1, 0.15) is 18.4 Å².